The summed E-state index contributed by atoms with van der Waals surface area (Å²) in [6, 6.07) is 5.76. The van der Waals surface area contributed by atoms with Crippen LogP contribution in [0.1, 0.15) is 29.8 Å². The second kappa shape index (κ2) is 7.45. The van der Waals surface area contributed by atoms with Gasteiger partial charge in [0.1, 0.15) is 11.4 Å². The monoisotopic (exact) mass is 357 g/mol. The van der Waals surface area contributed by atoms with Crippen LogP contribution in [0.4, 0.5) is 5.82 Å². The number of β-amino-alcohol motifs (C(OH)–C–C–N with tert-alkyl or cyclic N) is 1. The van der Waals surface area contributed by atoms with Gasteiger partial charge in [-0.15, -0.1) is 0 Å². The zero-order chi connectivity index (χ0) is 18.7. The summed E-state index contributed by atoms with van der Waals surface area (Å²) in [4.78, 5) is 20.6. The highest BCUT2D eigenvalue weighted by Crippen LogP contribution is 2.26. The van der Waals surface area contributed by atoms with Crippen molar-refractivity contribution in [3.05, 3.63) is 41.3 Å². The molecule has 3 heterocycles. The maximum absolute atomic E-state index is 12.5. The third kappa shape index (κ3) is 4.04. The van der Waals surface area contributed by atoms with E-state index in [4.69, 9.17) is 0 Å². The van der Waals surface area contributed by atoms with Gasteiger partial charge in [0.2, 0.25) is 5.91 Å². The van der Waals surface area contributed by atoms with Crippen molar-refractivity contribution >= 4 is 11.7 Å². The summed E-state index contributed by atoms with van der Waals surface area (Å²) in [7, 11) is 1.76. The number of aliphatic hydroxyl groups is 1. The fourth-order valence-electron chi connectivity index (χ4n) is 3.62. The van der Waals surface area contributed by atoms with E-state index in [9.17, 15) is 9.90 Å². The van der Waals surface area contributed by atoms with Crippen LogP contribution in [-0.2, 0) is 11.2 Å². The second-order valence-corrected chi connectivity index (χ2v) is 7.25. The van der Waals surface area contributed by atoms with Gasteiger partial charge in [0.15, 0.2) is 0 Å². The molecule has 26 heavy (non-hydrogen) atoms. The van der Waals surface area contributed by atoms with Crippen LogP contribution < -0.4 is 4.90 Å². The minimum absolute atomic E-state index is 0.0368. The summed E-state index contributed by atoms with van der Waals surface area (Å²) in [5, 5.41) is 18.0. The lowest BCUT2D eigenvalue weighted by Crippen LogP contribution is -2.46. The van der Waals surface area contributed by atoms with E-state index in [0.717, 1.165) is 29.3 Å². The summed E-state index contributed by atoms with van der Waals surface area (Å²) in [6.45, 7) is 5.47. The number of carbonyl (C=O) groups excluding carboxylic acids is 1. The number of carbonyl (C=O) groups is 1. The van der Waals surface area contributed by atoms with E-state index >= 15 is 0 Å². The van der Waals surface area contributed by atoms with E-state index in [1.165, 1.54) is 0 Å². The summed E-state index contributed by atoms with van der Waals surface area (Å²) >= 11 is 0. The maximum atomic E-state index is 12.5. The lowest BCUT2D eigenvalue weighted by atomic mass is 10.0. The van der Waals surface area contributed by atoms with Crippen LogP contribution in [0.5, 0.6) is 0 Å². The van der Waals surface area contributed by atoms with Crippen LogP contribution >= 0.6 is 0 Å². The summed E-state index contributed by atoms with van der Waals surface area (Å²) < 4.78 is 0. The molecule has 1 atom stereocenters. The predicted octanol–water partition coefficient (Wildman–Crippen LogP) is 1.45. The molecule has 0 radical (unpaired) electrons. The first-order valence-corrected chi connectivity index (χ1v) is 9.01. The minimum atomic E-state index is -0.899. The van der Waals surface area contributed by atoms with Crippen molar-refractivity contribution in [1.82, 2.24) is 20.1 Å². The number of pyridine rings is 1. The van der Waals surface area contributed by atoms with Gasteiger partial charge in [0.25, 0.3) is 0 Å². The van der Waals surface area contributed by atoms with E-state index in [1.807, 2.05) is 32.0 Å². The van der Waals surface area contributed by atoms with Crippen LogP contribution in [0, 0.1) is 13.8 Å². The standard InChI is InChI=1S/C19H27N5O2/c1-14-16(15(2)22-21-14)7-8-18(25)23(3)12-19(26)9-11-24(13-19)17-6-4-5-10-20-17/h4-6,10,26H,7-9,11-13H2,1-3H3,(H,21,22). The molecule has 0 aromatic carbocycles. The van der Waals surface area contributed by atoms with E-state index in [-0.39, 0.29) is 5.91 Å². The Bertz CT molecular complexity index is 741. The van der Waals surface area contributed by atoms with Crippen molar-refractivity contribution in [2.24, 2.45) is 0 Å². The van der Waals surface area contributed by atoms with Crippen molar-refractivity contribution in [3.63, 3.8) is 0 Å². The molecule has 0 saturated carbocycles. The van der Waals surface area contributed by atoms with Gasteiger partial charge in [-0.3, -0.25) is 9.89 Å². The molecule has 1 fully saturated rings. The summed E-state index contributed by atoms with van der Waals surface area (Å²) in [5.74, 6) is 0.901. The van der Waals surface area contributed by atoms with Gasteiger partial charge in [-0.25, -0.2) is 4.98 Å². The maximum Gasteiger partial charge on any atom is 0.222 e. The van der Waals surface area contributed by atoms with Gasteiger partial charge in [-0.2, -0.15) is 5.10 Å². The number of nitrogens with zero attached hydrogens (tertiary/aromatic N) is 4. The van der Waals surface area contributed by atoms with Crippen molar-refractivity contribution < 1.29 is 9.90 Å². The second-order valence-electron chi connectivity index (χ2n) is 7.25. The zero-order valence-corrected chi connectivity index (χ0v) is 15.7. The lowest BCUT2D eigenvalue weighted by Gasteiger charge is -2.29. The predicted molar refractivity (Wildman–Crippen MR) is 100 cm³/mol. The number of aromatic nitrogens is 3. The normalized spacial score (nSPS) is 19.8. The molecule has 7 heteroatoms. The van der Waals surface area contributed by atoms with Crippen molar-refractivity contribution in [2.75, 3.05) is 31.6 Å². The Hall–Kier alpha value is -2.41. The Kier molecular flexibility index (Phi) is 5.27. The quantitative estimate of drug-likeness (QED) is 0.817. The Morgan fingerprint density at radius 1 is 1.42 bits per heavy atom. The van der Waals surface area contributed by atoms with Crippen molar-refractivity contribution in [2.45, 2.75) is 38.7 Å². The third-order valence-corrected chi connectivity index (χ3v) is 5.13. The SMILES string of the molecule is Cc1n[nH]c(C)c1CCC(=O)N(C)CC1(O)CCN(c2ccccn2)C1. The number of rotatable bonds is 6. The molecule has 2 N–H and O–H groups in total. The van der Waals surface area contributed by atoms with E-state index in [1.54, 1.807) is 18.1 Å². The number of amides is 1. The molecule has 3 rings (SSSR count). The highest BCUT2D eigenvalue weighted by molar-refractivity contribution is 5.76. The van der Waals surface area contributed by atoms with Crippen molar-refractivity contribution in [3.8, 4) is 0 Å². The molecular weight excluding hydrogens is 330 g/mol. The smallest absolute Gasteiger partial charge is 0.222 e. The number of hydrogen-bond donors (Lipinski definition) is 2. The molecule has 0 aliphatic carbocycles. The molecule has 0 spiro atoms. The first-order valence-electron chi connectivity index (χ1n) is 9.01. The minimum Gasteiger partial charge on any atom is -0.386 e. The molecule has 1 saturated heterocycles. The molecule has 1 unspecified atom stereocenters. The van der Waals surface area contributed by atoms with Gasteiger partial charge in [0, 0.05) is 38.4 Å². The fraction of sp³-hybridized carbons (Fsp3) is 0.526. The van der Waals surface area contributed by atoms with Gasteiger partial charge >= 0.3 is 0 Å². The lowest BCUT2D eigenvalue weighted by molar-refractivity contribution is -0.132. The molecule has 1 aliphatic rings. The van der Waals surface area contributed by atoms with Crippen LogP contribution in [0.25, 0.3) is 0 Å². The number of hydrogen-bond acceptors (Lipinski definition) is 5. The van der Waals surface area contributed by atoms with Gasteiger partial charge < -0.3 is 14.9 Å². The van der Waals surface area contributed by atoms with Crippen LogP contribution in [0.3, 0.4) is 0 Å². The Balaban J connectivity index is 1.54. The van der Waals surface area contributed by atoms with Gasteiger partial charge in [-0.1, -0.05) is 6.07 Å². The number of H-pyrrole nitrogens is 1. The number of anilines is 1. The molecule has 7 nitrogen and oxygen atoms in total. The van der Waals surface area contributed by atoms with Crippen LogP contribution in [0.15, 0.2) is 24.4 Å². The highest BCUT2D eigenvalue weighted by Gasteiger charge is 2.38. The average molecular weight is 357 g/mol. The van der Waals surface area contributed by atoms with E-state index in [2.05, 4.69) is 20.1 Å². The van der Waals surface area contributed by atoms with Crippen molar-refractivity contribution in [1.29, 1.82) is 0 Å². The summed E-state index contributed by atoms with van der Waals surface area (Å²) in [6.07, 6.45) is 3.46. The largest absolute Gasteiger partial charge is 0.386 e. The number of nitrogens with one attached hydrogen (secondary N) is 1. The Morgan fingerprint density at radius 2 is 2.23 bits per heavy atom. The first-order chi connectivity index (χ1) is 12.4. The molecule has 1 aliphatic heterocycles. The molecule has 2 aromatic rings. The molecule has 140 valence electrons. The molecule has 0 bridgehead atoms. The highest BCUT2D eigenvalue weighted by atomic mass is 16.3. The Morgan fingerprint density at radius 3 is 2.88 bits per heavy atom. The fourth-order valence-corrected chi connectivity index (χ4v) is 3.62. The van der Waals surface area contributed by atoms with Gasteiger partial charge in [-0.05, 0) is 44.4 Å². The summed E-state index contributed by atoms with van der Waals surface area (Å²) in [5.41, 5.74) is 2.16. The van der Waals surface area contributed by atoms with Gasteiger partial charge in [0.05, 0.1) is 12.2 Å². The van der Waals surface area contributed by atoms with Crippen LogP contribution in [0.2, 0.25) is 0 Å². The van der Waals surface area contributed by atoms with E-state index < -0.39 is 5.60 Å². The molecule has 2 aromatic heterocycles. The topological polar surface area (TPSA) is 85.3 Å². The number of aryl methyl sites for hydroxylation is 2. The zero-order valence-electron chi connectivity index (χ0n) is 15.7. The Labute approximate surface area is 154 Å². The van der Waals surface area contributed by atoms with E-state index in [0.29, 0.717) is 32.4 Å². The number of likely N-dealkylation sites (N-methyl/N-ethyl adjacent to an activating group) is 1. The van der Waals surface area contributed by atoms with Crippen LogP contribution in [-0.4, -0.2) is 63.4 Å². The molecular formula is C19H27N5O2. The number of aromatic amines is 1. The average Bonchev–Trinajstić information content (AvgIpc) is 3.16. The third-order valence-electron chi connectivity index (χ3n) is 5.13. The molecule has 1 amide bonds. The first kappa shape index (κ1) is 18.4.